The molecule has 35 heavy (non-hydrogen) atoms. The minimum atomic E-state index is -0.378. The highest BCUT2D eigenvalue weighted by Crippen LogP contribution is 2.54. The van der Waals surface area contributed by atoms with Crippen LogP contribution in [-0.4, -0.2) is 25.8 Å². The number of hydrogen-bond donors (Lipinski definition) is 1. The van der Waals surface area contributed by atoms with Gasteiger partial charge in [0.25, 0.3) is 0 Å². The van der Waals surface area contributed by atoms with E-state index in [1.807, 2.05) is 0 Å². The molecule has 0 radical (unpaired) electrons. The molecular weight excluding hydrogens is 432 g/mol. The van der Waals surface area contributed by atoms with Gasteiger partial charge in [0.05, 0.1) is 6.61 Å². The van der Waals surface area contributed by atoms with Gasteiger partial charge in [-0.15, -0.1) is 0 Å². The smallest absolute Gasteiger partial charge is 0.411 e. The number of rotatable bonds is 6. The SMILES string of the molecule is CCCCOC(=O)Nc1cc2c3c(c1)[C@@](C)(c1ccccc1)CCN3CC[C@@]2(C)c1ccccc1. The molecule has 0 spiro atoms. The molecule has 3 aromatic rings. The number of nitrogens with one attached hydrogen (secondary N) is 1. The number of benzene rings is 3. The molecule has 4 heteroatoms. The van der Waals surface area contributed by atoms with E-state index in [0.717, 1.165) is 44.5 Å². The first kappa shape index (κ1) is 23.5. The van der Waals surface area contributed by atoms with Gasteiger partial charge in [0.2, 0.25) is 0 Å². The fourth-order valence-corrected chi connectivity index (χ4v) is 5.89. The summed E-state index contributed by atoms with van der Waals surface area (Å²) in [6.45, 7) is 9.30. The van der Waals surface area contributed by atoms with Crippen molar-refractivity contribution < 1.29 is 9.53 Å². The van der Waals surface area contributed by atoms with Crippen LogP contribution in [0.4, 0.5) is 16.2 Å². The second-order valence-electron chi connectivity index (χ2n) is 10.4. The summed E-state index contributed by atoms with van der Waals surface area (Å²) < 4.78 is 5.45. The highest BCUT2D eigenvalue weighted by molar-refractivity contribution is 5.87. The zero-order valence-corrected chi connectivity index (χ0v) is 21.1. The summed E-state index contributed by atoms with van der Waals surface area (Å²) in [4.78, 5) is 15.2. The van der Waals surface area contributed by atoms with Crippen LogP contribution in [0.25, 0.3) is 0 Å². The number of hydrogen-bond acceptors (Lipinski definition) is 3. The van der Waals surface area contributed by atoms with Crippen molar-refractivity contribution >= 4 is 17.5 Å². The van der Waals surface area contributed by atoms with Crippen molar-refractivity contribution in [2.75, 3.05) is 29.9 Å². The topological polar surface area (TPSA) is 41.6 Å². The van der Waals surface area contributed by atoms with Crippen molar-refractivity contribution in [1.29, 1.82) is 0 Å². The van der Waals surface area contributed by atoms with Crippen LogP contribution in [0.1, 0.15) is 68.7 Å². The monoisotopic (exact) mass is 468 g/mol. The Morgan fingerprint density at radius 1 is 0.886 bits per heavy atom. The number of carbonyl (C=O) groups is 1. The molecule has 3 aromatic carbocycles. The van der Waals surface area contributed by atoms with Gasteiger partial charge in [-0.2, -0.15) is 0 Å². The Kier molecular flexibility index (Phi) is 6.31. The molecule has 1 N–H and O–H groups in total. The molecule has 1 amide bonds. The van der Waals surface area contributed by atoms with Gasteiger partial charge in [-0.05, 0) is 53.6 Å². The molecule has 0 bridgehead atoms. The maximum Gasteiger partial charge on any atom is 0.411 e. The lowest BCUT2D eigenvalue weighted by Gasteiger charge is -2.50. The average molecular weight is 469 g/mol. The summed E-state index contributed by atoms with van der Waals surface area (Å²) in [6.07, 6.45) is 3.57. The van der Waals surface area contributed by atoms with E-state index in [2.05, 4.69) is 104 Å². The van der Waals surface area contributed by atoms with Crippen LogP contribution in [0.5, 0.6) is 0 Å². The third-order valence-corrected chi connectivity index (χ3v) is 8.18. The Bertz CT molecular complexity index is 1110. The lowest BCUT2D eigenvalue weighted by Crippen LogP contribution is -2.47. The third kappa shape index (κ3) is 4.20. The number of unbranched alkanes of at least 4 members (excludes halogenated alkanes) is 1. The average Bonchev–Trinajstić information content (AvgIpc) is 2.89. The standard InChI is InChI=1S/C31H36N2O2/c1-4-5-20-35-29(34)32-25-21-26-28-27(22-25)31(3,24-14-10-7-11-15-24)17-19-33(28)18-16-30(26,2)23-12-8-6-9-13-23/h6-15,21-22H,4-5,16-20H2,1-3H3,(H,32,34)/t30-,31+. The normalized spacial score (nSPS) is 22.9. The van der Waals surface area contributed by atoms with Crippen molar-refractivity contribution in [3.63, 3.8) is 0 Å². The molecule has 0 unspecified atom stereocenters. The van der Waals surface area contributed by atoms with Crippen LogP contribution in [0.2, 0.25) is 0 Å². The Morgan fingerprint density at radius 2 is 1.40 bits per heavy atom. The molecule has 0 aliphatic carbocycles. The molecule has 0 saturated carbocycles. The van der Waals surface area contributed by atoms with E-state index in [-0.39, 0.29) is 16.9 Å². The van der Waals surface area contributed by atoms with Crippen LogP contribution in [0.15, 0.2) is 72.8 Å². The molecule has 0 fully saturated rings. The summed E-state index contributed by atoms with van der Waals surface area (Å²) in [6, 6.07) is 26.0. The van der Waals surface area contributed by atoms with Gasteiger partial charge in [-0.25, -0.2) is 4.79 Å². The summed E-state index contributed by atoms with van der Waals surface area (Å²) in [7, 11) is 0. The maximum atomic E-state index is 12.7. The van der Waals surface area contributed by atoms with Gasteiger partial charge in [0, 0.05) is 35.3 Å². The van der Waals surface area contributed by atoms with E-state index in [1.54, 1.807) is 0 Å². The summed E-state index contributed by atoms with van der Waals surface area (Å²) in [5.74, 6) is 0. The van der Waals surface area contributed by atoms with Crippen LogP contribution >= 0.6 is 0 Å². The van der Waals surface area contributed by atoms with Crippen molar-refractivity contribution in [3.8, 4) is 0 Å². The number of amides is 1. The van der Waals surface area contributed by atoms with Crippen LogP contribution < -0.4 is 10.2 Å². The Balaban J connectivity index is 1.66. The summed E-state index contributed by atoms with van der Waals surface area (Å²) >= 11 is 0. The van der Waals surface area contributed by atoms with Crippen LogP contribution in [0, 0.1) is 0 Å². The highest BCUT2D eigenvalue weighted by Gasteiger charge is 2.45. The van der Waals surface area contributed by atoms with E-state index in [4.69, 9.17) is 4.74 Å². The van der Waals surface area contributed by atoms with Gasteiger partial charge in [0.15, 0.2) is 0 Å². The highest BCUT2D eigenvalue weighted by atomic mass is 16.5. The zero-order valence-electron chi connectivity index (χ0n) is 21.1. The minimum absolute atomic E-state index is 0.138. The maximum absolute atomic E-state index is 12.7. The Hall–Kier alpha value is -3.27. The molecule has 2 heterocycles. The number of ether oxygens (including phenoxy) is 1. The molecule has 2 atom stereocenters. The van der Waals surface area contributed by atoms with Crippen molar-refractivity contribution in [1.82, 2.24) is 0 Å². The molecule has 5 rings (SSSR count). The van der Waals surface area contributed by atoms with Crippen molar-refractivity contribution in [2.24, 2.45) is 0 Å². The van der Waals surface area contributed by atoms with E-state index in [1.165, 1.54) is 27.9 Å². The van der Waals surface area contributed by atoms with Gasteiger partial charge < -0.3 is 9.64 Å². The summed E-state index contributed by atoms with van der Waals surface area (Å²) in [5.41, 5.74) is 7.09. The second kappa shape index (κ2) is 9.41. The fourth-order valence-electron chi connectivity index (χ4n) is 5.89. The second-order valence-corrected chi connectivity index (χ2v) is 10.4. The first-order chi connectivity index (χ1) is 17.0. The van der Waals surface area contributed by atoms with E-state index >= 15 is 0 Å². The lowest BCUT2D eigenvalue weighted by molar-refractivity contribution is 0.160. The quantitative estimate of drug-likeness (QED) is 0.387. The molecule has 4 nitrogen and oxygen atoms in total. The van der Waals surface area contributed by atoms with Gasteiger partial charge in [0.1, 0.15) is 0 Å². The predicted octanol–water partition coefficient (Wildman–Crippen LogP) is 7.26. The van der Waals surface area contributed by atoms with E-state index < -0.39 is 0 Å². The zero-order chi connectivity index (χ0) is 24.5. The molecule has 2 aliphatic heterocycles. The molecule has 0 aromatic heterocycles. The lowest BCUT2D eigenvalue weighted by atomic mass is 9.64. The number of anilines is 2. The minimum Gasteiger partial charge on any atom is -0.449 e. The van der Waals surface area contributed by atoms with Gasteiger partial charge >= 0.3 is 6.09 Å². The van der Waals surface area contributed by atoms with Crippen molar-refractivity contribution in [2.45, 2.75) is 57.3 Å². The third-order valence-electron chi connectivity index (χ3n) is 8.18. The first-order valence-electron chi connectivity index (χ1n) is 12.9. The van der Waals surface area contributed by atoms with Gasteiger partial charge in [-0.1, -0.05) is 87.9 Å². The van der Waals surface area contributed by atoms with E-state index in [0.29, 0.717) is 6.61 Å². The van der Waals surface area contributed by atoms with Gasteiger partial charge in [-0.3, -0.25) is 5.32 Å². The molecule has 182 valence electrons. The predicted molar refractivity (Wildman–Crippen MR) is 144 cm³/mol. The molecule has 0 saturated heterocycles. The summed E-state index contributed by atoms with van der Waals surface area (Å²) in [5, 5.41) is 3.06. The van der Waals surface area contributed by atoms with E-state index in [9.17, 15) is 4.79 Å². The fraction of sp³-hybridized carbons (Fsp3) is 0.387. The molecular formula is C31H36N2O2. The Labute approximate surface area is 209 Å². The largest absolute Gasteiger partial charge is 0.449 e. The van der Waals surface area contributed by atoms with Crippen molar-refractivity contribution in [3.05, 3.63) is 95.1 Å². The number of carbonyl (C=O) groups excluding carboxylic acids is 1. The Morgan fingerprint density at radius 3 is 1.89 bits per heavy atom. The number of nitrogens with zero attached hydrogens (tertiary/aromatic N) is 1. The molecule has 2 aliphatic rings. The van der Waals surface area contributed by atoms with Crippen LogP contribution in [0.3, 0.4) is 0 Å². The van der Waals surface area contributed by atoms with Crippen LogP contribution in [-0.2, 0) is 15.6 Å². The first-order valence-corrected chi connectivity index (χ1v) is 12.9.